The van der Waals surface area contributed by atoms with Crippen LogP contribution < -0.4 is 5.32 Å². The third-order valence-corrected chi connectivity index (χ3v) is 4.08. The van der Waals surface area contributed by atoms with Crippen molar-refractivity contribution in [2.24, 2.45) is 0 Å². The van der Waals surface area contributed by atoms with Gasteiger partial charge in [-0.25, -0.2) is 0 Å². The Morgan fingerprint density at radius 1 is 1.37 bits per heavy atom. The van der Waals surface area contributed by atoms with Crippen molar-refractivity contribution in [3.63, 3.8) is 0 Å². The summed E-state index contributed by atoms with van der Waals surface area (Å²) >= 11 is 7.63. The molecule has 0 spiro atoms. The first-order valence-electron chi connectivity index (χ1n) is 6.22. The van der Waals surface area contributed by atoms with E-state index in [1.54, 1.807) is 11.3 Å². The Balaban J connectivity index is 1.84. The highest BCUT2D eigenvalue weighted by atomic mass is 35.5. The van der Waals surface area contributed by atoms with Crippen LogP contribution in [0.25, 0.3) is 0 Å². The van der Waals surface area contributed by atoms with Crippen molar-refractivity contribution < 1.29 is 4.79 Å². The molecule has 0 aliphatic heterocycles. The molecule has 2 nitrogen and oxygen atoms in total. The summed E-state index contributed by atoms with van der Waals surface area (Å²) in [6.45, 7) is 1.97. The van der Waals surface area contributed by atoms with E-state index in [0.717, 1.165) is 12.0 Å². The summed E-state index contributed by atoms with van der Waals surface area (Å²) < 4.78 is 0. The van der Waals surface area contributed by atoms with Crippen molar-refractivity contribution in [3.8, 4) is 0 Å². The molecule has 4 heteroatoms. The van der Waals surface area contributed by atoms with Crippen LogP contribution in [0.2, 0.25) is 5.02 Å². The molecule has 100 valence electrons. The summed E-state index contributed by atoms with van der Waals surface area (Å²) in [5.74, 6) is 0.0703. The molecule has 0 aliphatic carbocycles. The van der Waals surface area contributed by atoms with E-state index in [1.807, 2.05) is 42.6 Å². The Labute approximate surface area is 122 Å². The lowest BCUT2D eigenvalue weighted by molar-refractivity contribution is -0.121. The minimum Gasteiger partial charge on any atom is -0.350 e. The maximum atomic E-state index is 11.9. The Hall–Kier alpha value is -1.32. The van der Waals surface area contributed by atoms with E-state index >= 15 is 0 Å². The van der Waals surface area contributed by atoms with Crippen LogP contribution in [0, 0.1) is 0 Å². The minimum absolute atomic E-state index is 0.0189. The van der Waals surface area contributed by atoms with E-state index in [2.05, 4.69) is 11.4 Å². The second-order valence-corrected chi connectivity index (χ2v) is 5.89. The maximum absolute atomic E-state index is 11.9. The van der Waals surface area contributed by atoms with E-state index in [-0.39, 0.29) is 11.9 Å². The molecule has 1 heterocycles. The third kappa shape index (κ3) is 4.37. The number of halogens is 1. The molecular formula is C15H16ClNOS. The molecule has 1 aromatic heterocycles. The van der Waals surface area contributed by atoms with Crippen molar-refractivity contribution >= 4 is 28.8 Å². The third-order valence-electron chi connectivity index (χ3n) is 2.90. The predicted octanol–water partition coefficient (Wildman–Crippen LogP) is 4.21. The molecule has 1 amide bonds. The first kappa shape index (κ1) is 14.1. The molecule has 1 unspecified atom stereocenters. The fourth-order valence-electron chi connectivity index (χ4n) is 1.86. The zero-order valence-electron chi connectivity index (χ0n) is 10.7. The number of hydrogen-bond donors (Lipinski definition) is 1. The number of thiophene rings is 1. The molecule has 1 atom stereocenters. The fourth-order valence-corrected chi connectivity index (χ4v) is 2.77. The molecule has 19 heavy (non-hydrogen) atoms. The SMILES string of the molecule is CC(NC(=O)CCc1cccs1)c1cccc(Cl)c1. The zero-order chi connectivity index (χ0) is 13.7. The molecule has 0 saturated heterocycles. The van der Waals surface area contributed by atoms with Gasteiger partial charge in [-0.15, -0.1) is 11.3 Å². The summed E-state index contributed by atoms with van der Waals surface area (Å²) in [5.41, 5.74) is 1.02. The van der Waals surface area contributed by atoms with Crippen LogP contribution in [0.5, 0.6) is 0 Å². The summed E-state index contributed by atoms with van der Waals surface area (Å²) in [4.78, 5) is 13.1. The lowest BCUT2D eigenvalue weighted by atomic mass is 10.1. The topological polar surface area (TPSA) is 29.1 Å². The van der Waals surface area contributed by atoms with E-state index in [0.29, 0.717) is 11.4 Å². The van der Waals surface area contributed by atoms with Gasteiger partial charge >= 0.3 is 0 Å². The standard InChI is InChI=1S/C15H16ClNOS/c1-11(12-4-2-5-13(16)10-12)17-15(18)8-7-14-6-3-9-19-14/h2-6,9-11H,7-8H2,1H3,(H,17,18). The highest BCUT2D eigenvalue weighted by Gasteiger charge is 2.10. The van der Waals surface area contributed by atoms with Gasteiger partial charge in [0.05, 0.1) is 6.04 Å². The molecule has 0 aliphatic rings. The number of benzene rings is 1. The van der Waals surface area contributed by atoms with Crippen LogP contribution >= 0.6 is 22.9 Å². The van der Waals surface area contributed by atoms with Crippen LogP contribution in [-0.4, -0.2) is 5.91 Å². The Morgan fingerprint density at radius 3 is 2.89 bits per heavy atom. The normalized spacial score (nSPS) is 12.1. The van der Waals surface area contributed by atoms with Crippen LogP contribution in [0.15, 0.2) is 41.8 Å². The average molecular weight is 294 g/mol. The second kappa shape index (κ2) is 6.73. The molecule has 2 rings (SSSR count). The largest absolute Gasteiger partial charge is 0.350 e. The summed E-state index contributed by atoms with van der Waals surface area (Å²) in [5, 5.41) is 5.71. The summed E-state index contributed by atoms with van der Waals surface area (Å²) in [6.07, 6.45) is 1.32. The number of nitrogens with one attached hydrogen (secondary N) is 1. The van der Waals surface area contributed by atoms with Crippen molar-refractivity contribution in [2.45, 2.75) is 25.8 Å². The smallest absolute Gasteiger partial charge is 0.220 e. The van der Waals surface area contributed by atoms with Crippen LogP contribution in [0.4, 0.5) is 0 Å². The van der Waals surface area contributed by atoms with Gasteiger partial charge in [-0.2, -0.15) is 0 Å². The van der Waals surface area contributed by atoms with Crippen LogP contribution in [0.1, 0.15) is 29.8 Å². The van der Waals surface area contributed by atoms with Gasteiger partial charge in [0.25, 0.3) is 0 Å². The van der Waals surface area contributed by atoms with Crippen molar-refractivity contribution in [1.29, 1.82) is 0 Å². The van der Waals surface area contributed by atoms with Gasteiger partial charge in [0.1, 0.15) is 0 Å². The van der Waals surface area contributed by atoms with E-state index in [1.165, 1.54) is 4.88 Å². The van der Waals surface area contributed by atoms with E-state index in [4.69, 9.17) is 11.6 Å². The molecule has 0 bridgehead atoms. The summed E-state index contributed by atoms with van der Waals surface area (Å²) in [7, 11) is 0. The summed E-state index contributed by atoms with van der Waals surface area (Å²) in [6, 6.07) is 11.6. The van der Waals surface area contributed by atoms with Gasteiger partial charge < -0.3 is 5.32 Å². The van der Waals surface area contributed by atoms with Crippen molar-refractivity contribution in [1.82, 2.24) is 5.32 Å². The Bertz CT molecular complexity index is 539. The van der Waals surface area contributed by atoms with Gasteiger partial charge in [-0.3, -0.25) is 4.79 Å². The predicted molar refractivity (Wildman–Crippen MR) is 80.6 cm³/mol. The van der Waals surface area contributed by atoms with Crippen molar-refractivity contribution in [3.05, 3.63) is 57.2 Å². The Morgan fingerprint density at radius 2 is 2.21 bits per heavy atom. The molecule has 0 saturated carbocycles. The van der Waals surface area contributed by atoms with Gasteiger partial charge in [0, 0.05) is 16.3 Å². The minimum atomic E-state index is -0.0189. The van der Waals surface area contributed by atoms with Crippen LogP contribution in [0.3, 0.4) is 0 Å². The molecule has 0 radical (unpaired) electrons. The molecule has 0 fully saturated rings. The number of aryl methyl sites for hydroxylation is 1. The van der Waals surface area contributed by atoms with Gasteiger partial charge in [0.2, 0.25) is 5.91 Å². The highest BCUT2D eigenvalue weighted by Crippen LogP contribution is 2.17. The number of carbonyl (C=O) groups excluding carboxylic acids is 1. The fraction of sp³-hybridized carbons (Fsp3) is 0.267. The van der Waals surface area contributed by atoms with Gasteiger partial charge in [-0.05, 0) is 42.5 Å². The molecule has 1 aromatic carbocycles. The first-order valence-corrected chi connectivity index (χ1v) is 7.48. The maximum Gasteiger partial charge on any atom is 0.220 e. The average Bonchev–Trinajstić information content (AvgIpc) is 2.89. The number of carbonyl (C=O) groups is 1. The highest BCUT2D eigenvalue weighted by molar-refractivity contribution is 7.09. The second-order valence-electron chi connectivity index (χ2n) is 4.42. The Kier molecular flexibility index (Phi) is 5.00. The molecular weight excluding hydrogens is 278 g/mol. The zero-order valence-corrected chi connectivity index (χ0v) is 12.3. The monoisotopic (exact) mass is 293 g/mol. The number of rotatable bonds is 5. The van der Waals surface area contributed by atoms with Gasteiger partial charge in [-0.1, -0.05) is 29.8 Å². The first-order chi connectivity index (χ1) is 9.15. The quantitative estimate of drug-likeness (QED) is 0.879. The van der Waals surface area contributed by atoms with Gasteiger partial charge in [0.15, 0.2) is 0 Å². The van der Waals surface area contributed by atoms with Crippen LogP contribution in [-0.2, 0) is 11.2 Å². The number of amides is 1. The molecule has 1 N–H and O–H groups in total. The lowest BCUT2D eigenvalue weighted by Crippen LogP contribution is -2.26. The van der Waals surface area contributed by atoms with Crippen molar-refractivity contribution in [2.75, 3.05) is 0 Å². The lowest BCUT2D eigenvalue weighted by Gasteiger charge is -2.14. The van der Waals surface area contributed by atoms with E-state index < -0.39 is 0 Å². The van der Waals surface area contributed by atoms with E-state index in [9.17, 15) is 4.79 Å². The molecule has 2 aromatic rings. The number of hydrogen-bond acceptors (Lipinski definition) is 2.